The lowest BCUT2D eigenvalue weighted by molar-refractivity contribution is -0.118. The van der Waals surface area contributed by atoms with Crippen LogP contribution >= 0.6 is 0 Å². The van der Waals surface area contributed by atoms with Gasteiger partial charge in [0.25, 0.3) is 0 Å². The van der Waals surface area contributed by atoms with Crippen LogP contribution in [0.1, 0.15) is 24.1 Å². The van der Waals surface area contributed by atoms with Crippen LogP contribution in [0.3, 0.4) is 0 Å². The molecule has 2 aromatic rings. The average molecular weight is 301 g/mol. The molecule has 3 rings (SSSR count). The number of rotatable bonds is 3. The van der Waals surface area contributed by atoms with E-state index < -0.39 is 0 Å². The summed E-state index contributed by atoms with van der Waals surface area (Å²) in [6.07, 6.45) is 1.26. The van der Waals surface area contributed by atoms with Crippen LogP contribution in [0, 0.1) is 6.92 Å². The maximum absolute atomic E-state index is 12.4. The summed E-state index contributed by atoms with van der Waals surface area (Å²) >= 11 is 0. The van der Waals surface area contributed by atoms with Crippen molar-refractivity contribution in [3.63, 3.8) is 0 Å². The minimum Gasteiger partial charge on any atom is -0.507 e. The molecule has 0 atom stereocenters. The number of fused-ring (bicyclic) bond motifs is 1. The summed E-state index contributed by atoms with van der Waals surface area (Å²) in [6.45, 7) is 2.97. The number of anilines is 1. The predicted octanol–water partition coefficient (Wildman–Crippen LogP) is 2.23. The van der Waals surface area contributed by atoms with Crippen molar-refractivity contribution in [3.8, 4) is 11.5 Å². The van der Waals surface area contributed by atoms with Crippen molar-refractivity contribution in [2.45, 2.75) is 32.9 Å². The lowest BCUT2D eigenvalue weighted by atomic mass is 10.1. The standard InChI is InChI=1S/C16H19N3O3/c1-11-8-15-18(16(21)4-3-7-19(15)17-11)10-12-5-6-13(22-2)9-14(12)20/h5-6,8-9,20H,3-4,7,10H2,1-2H3. The van der Waals surface area contributed by atoms with Gasteiger partial charge in [0, 0.05) is 30.7 Å². The van der Waals surface area contributed by atoms with Crippen LogP contribution in [0.15, 0.2) is 24.3 Å². The lowest BCUT2D eigenvalue weighted by Gasteiger charge is -2.21. The van der Waals surface area contributed by atoms with Crippen LogP contribution in [-0.2, 0) is 17.9 Å². The van der Waals surface area contributed by atoms with Gasteiger partial charge in [-0.3, -0.25) is 9.69 Å². The van der Waals surface area contributed by atoms with Gasteiger partial charge in [0.1, 0.15) is 17.3 Å². The van der Waals surface area contributed by atoms with Crippen molar-refractivity contribution in [1.82, 2.24) is 9.78 Å². The normalized spacial score (nSPS) is 14.6. The van der Waals surface area contributed by atoms with Gasteiger partial charge in [-0.25, -0.2) is 4.68 Å². The number of nitrogens with zero attached hydrogens (tertiary/aromatic N) is 3. The van der Waals surface area contributed by atoms with Crippen LogP contribution in [-0.4, -0.2) is 27.9 Å². The lowest BCUT2D eigenvalue weighted by Crippen LogP contribution is -2.30. The number of ether oxygens (including phenoxy) is 1. The number of aromatic hydroxyl groups is 1. The minimum atomic E-state index is 0.0499. The van der Waals surface area contributed by atoms with Gasteiger partial charge in [-0.2, -0.15) is 5.10 Å². The third kappa shape index (κ3) is 2.64. The number of aryl methyl sites for hydroxylation is 2. The van der Waals surface area contributed by atoms with E-state index in [0.717, 1.165) is 24.5 Å². The van der Waals surface area contributed by atoms with E-state index in [-0.39, 0.29) is 11.7 Å². The van der Waals surface area contributed by atoms with Crippen molar-refractivity contribution in [1.29, 1.82) is 0 Å². The second kappa shape index (κ2) is 5.71. The highest BCUT2D eigenvalue weighted by molar-refractivity contribution is 5.93. The number of hydrogen-bond acceptors (Lipinski definition) is 4. The number of carbonyl (C=O) groups excluding carboxylic acids is 1. The van der Waals surface area contributed by atoms with Crippen molar-refractivity contribution in [2.24, 2.45) is 0 Å². The summed E-state index contributed by atoms with van der Waals surface area (Å²) in [5.41, 5.74) is 1.56. The van der Waals surface area contributed by atoms with Crippen molar-refractivity contribution < 1.29 is 14.6 Å². The Labute approximate surface area is 128 Å². The number of carbonyl (C=O) groups is 1. The van der Waals surface area contributed by atoms with E-state index in [9.17, 15) is 9.90 Å². The Balaban J connectivity index is 1.94. The molecule has 0 bridgehead atoms. The summed E-state index contributed by atoms with van der Waals surface area (Å²) < 4.78 is 6.95. The van der Waals surface area contributed by atoms with Gasteiger partial charge in [-0.1, -0.05) is 0 Å². The summed E-state index contributed by atoms with van der Waals surface area (Å²) in [6, 6.07) is 7.02. The molecule has 0 spiro atoms. The first-order chi connectivity index (χ1) is 10.6. The Morgan fingerprint density at radius 1 is 1.36 bits per heavy atom. The van der Waals surface area contributed by atoms with Crippen molar-refractivity contribution >= 4 is 11.7 Å². The van der Waals surface area contributed by atoms with Gasteiger partial charge in [-0.05, 0) is 25.5 Å². The Morgan fingerprint density at radius 3 is 2.91 bits per heavy atom. The largest absolute Gasteiger partial charge is 0.507 e. The first-order valence-corrected chi connectivity index (χ1v) is 7.29. The molecular weight excluding hydrogens is 282 g/mol. The number of benzene rings is 1. The molecule has 1 aromatic heterocycles. The minimum absolute atomic E-state index is 0.0499. The molecule has 0 saturated heterocycles. The van der Waals surface area contributed by atoms with E-state index >= 15 is 0 Å². The van der Waals surface area contributed by atoms with E-state index in [0.29, 0.717) is 24.3 Å². The first kappa shape index (κ1) is 14.4. The van der Waals surface area contributed by atoms with Crippen molar-refractivity contribution in [2.75, 3.05) is 12.0 Å². The Bertz CT molecular complexity index is 709. The first-order valence-electron chi connectivity index (χ1n) is 7.29. The molecule has 0 radical (unpaired) electrons. The zero-order valence-corrected chi connectivity index (χ0v) is 12.7. The Kier molecular flexibility index (Phi) is 3.75. The monoisotopic (exact) mass is 301 g/mol. The maximum Gasteiger partial charge on any atom is 0.228 e. The highest BCUT2D eigenvalue weighted by Gasteiger charge is 2.24. The van der Waals surface area contributed by atoms with E-state index in [2.05, 4.69) is 5.10 Å². The second-order valence-corrected chi connectivity index (χ2v) is 5.45. The zero-order valence-electron chi connectivity index (χ0n) is 12.7. The molecule has 1 N–H and O–H groups in total. The molecule has 0 unspecified atom stereocenters. The summed E-state index contributed by atoms with van der Waals surface area (Å²) in [4.78, 5) is 14.1. The van der Waals surface area contributed by atoms with Gasteiger partial charge >= 0.3 is 0 Å². The second-order valence-electron chi connectivity index (χ2n) is 5.45. The van der Waals surface area contributed by atoms with Gasteiger partial charge in [0.2, 0.25) is 5.91 Å². The Morgan fingerprint density at radius 2 is 2.18 bits per heavy atom. The fourth-order valence-electron chi connectivity index (χ4n) is 2.70. The zero-order chi connectivity index (χ0) is 15.7. The molecule has 1 aliphatic rings. The third-order valence-electron chi connectivity index (χ3n) is 3.84. The van der Waals surface area contributed by atoms with Crippen molar-refractivity contribution in [3.05, 3.63) is 35.5 Å². The fraction of sp³-hybridized carbons (Fsp3) is 0.375. The molecule has 1 aromatic carbocycles. The van der Waals surface area contributed by atoms with Gasteiger partial charge in [-0.15, -0.1) is 0 Å². The predicted molar refractivity (Wildman–Crippen MR) is 82.0 cm³/mol. The highest BCUT2D eigenvalue weighted by atomic mass is 16.5. The number of aromatic nitrogens is 2. The molecule has 0 saturated carbocycles. The van der Waals surface area contributed by atoms with Crippen LogP contribution < -0.4 is 9.64 Å². The number of phenolic OH excluding ortho intramolecular Hbond substituents is 1. The topological polar surface area (TPSA) is 67.6 Å². The van der Waals surface area contributed by atoms with Crippen LogP contribution in [0.5, 0.6) is 11.5 Å². The highest BCUT2D eigenvalue weighted by Crippen LogP contribution is 2.29. The fourth-order valence-corrected chi connectivity index (χ4v) is 2.70. The van der Waals surface area contributed by atoms with E-state index in [1.54, 1.807) is 30.2 Å². The number of methoxy groups -OCH3 is 1. The maximum atomic E-state index is 12.4. The number of phenols is 1. The third-order valence-corrected chi connectivity index (χ3v) is 3.84. The molecule has 116 valence electrons. The van der Waals surface area contributed by atoms with Gasteiger partial charge < -0.3 is 9.84 Å². The van der Waals surface area contributed by atoms with E-state index in [1.165, 1.54) is 0 Å². The molecule has 6 heteroatoms. The van der Waals surface area contributed by atoms with Gasteiger partial charge in [0.15, 0.2) is 0 Å². The molecular formula is C16H19N3O3. The molecule has 6 nitrogen and oxygen atoms in total. The number of amides is 1. The van der Waals surface area contributed by atoms with E-state index in [1.807, 2.05) is 17.7 Å². The quantitative estimate of drug-likeness (QED) is 0.944. The summed E-state index contributed by atoms with van der Waals surface area (Å²) in [5, 5.41) is 14.6. The van der Waals surface area contributed by atoms with Crippen LogP contribution in [0.4, 0.5) is 5.82 Å². The summed E-state index contributed by atoms with van der Waals surface area (Å²) in [5.74, 6) is 1.55. The Hall–Kier alpha value is -2.50. The molecule has 1 amide bonds. The average Bonchev–Trinajstić information content (AvgIpc) is 2.80. The smallest absolute Gasteiger partial charge is 0.228 e. The molecule has 0 aliphatic carbocycles. The SMILES string of the molecule is COc1ccc(CN2C(=O)CCCn3nc(C)cc32)c(O)c1. The molecule has 1 aliphatic heterocycles. The number of hydrogen-bond donors (Lipinski definition) is 1. The van der Waals surface area contributed by atoms with E-state index in [4.69, 9.17) is 4.74 Å². The van der Waals surface area contributed by atoms with Crippen LogP contribution in [0.2, 0.25) is 0 Å². The molecule has 22 heavy (non-hydrogen) atoms. The van der Waals surface area contributed by atoms with Gasteiger partial charge in [0.05, 0.1) is 19.3 Å². The summed E-state index contributed by atoms with van der Waals surface area (Å²) in [7, 11) is 1.55. The molecule has 0 fully saturated rings. The van der Waals surface area contributed by atoms with Crippen LogP contribution in [0.25, 0.3) is 0 Å². The molecule has 2 heterocycles.